The molecule has 0 saturated carbocycles. The van der Waals surface area contributed by atoms with E-state index in [2.05, 4.69) is 11.4 Å². The molecule has 1 atom stereocenters. The molecule has 0 unspecified atom stereocenters. The van der Waals surface area contributed by atoms with E-state index in [-0.39, 0.29) is 0 Å². The number of nitrogens with one attached hydrogen (secondary N) is 1. The minimum absolute atomic E-state index is 0.491. The molecule has 3 rings (SSSR count). The first-order valence-electron chi connectivity index (χ1n) is 9.11. The molecule has 1 aromatic heterocycles. The lowest BCUT2D eigenvalue weighted by Gasteiger charge is -2.15. The van der Waals surface area contributed by atoms with Crippen molar-refractivity contribution in [1.29, 1.82) is 0 Å². The molecule has 0 aliphatic carbocycles. The first kappa shape index (κ1) is 19.4. The molecule has 1 heterocycles. The van der Waals surface area contributed by atoms with Gasteiger partial charge in [0, 0.05) is 18.0 Å². The Morgan fingerprint density at radius 2 is 1.85 bits per heavy atom. The van der Waals surface area contributed by atoms with Crippen molar-refractivity contribution in [2.75, 3.05) is 13.2 Å². The highest BCUT2D eigenvalue weighted by atomic mass is 32.1. The van der Waals surface area contributed by atoms with Crippen molar-refractivity contribution in [1.82, 2.24) is 5.32 Å². The van der Waals surface area contributed by atoms with Crippen LogP contribution in [0.1, 0.15) is 29.0 Å². The number of hydrogen-bond acceptors (Lipinski definition) is 5. The number of aliphatic hydroxyl groups is 1. The third kappa shape index (κ3) is 5.82. The third-order valence-corrected chi connectivity index (χ3v) is 4.96. The molecule has 0 saturated heterocycles. The average Bonchev–Trinajstić information content (AvgIpc) is 3.22. The van der Waals surface area contributed by atoms with Gasteiger partial charge < -0.3 is 19.9 Å². The molecule has 0 bridgehead atoms. The zero-order valence-corrected chi connectivity index (χ0v) is 16.2. The van der Waals surface area contributed by atoms with Crippen LogP contribution < -0.4 is 14.8 Å². The summed E-state index contributed by atoms with van der Waals surface area (Å²) in [6.45, 7) is 4.22. The van der Waals surface area contributed by atoms with Crippen LogP contribution in [0.15, 0.2) is 66.0 Å². The van der Waals surface area contributed by atoms with Crippen molar-refractivity contribution in [3.05, 3.63) is 82.0 Å². The second-order valence-electron chi connectivity index (χ2n) is 6.14. The van der Waals surface area contributed by atoms with E-state index in [1.165, 1.54) is 4.88 Å². The SMILES string of the molecule is CCOc1cc(CNC[C@@H](O)c2ccccc2)ccc1OCc1cccs1. The fraction of sp³-hybridized carbons (Fsp3) is 0.273. The number of ether oxygens (including phenoxy) is 2. The Morgan fingerprint density at radius 1 is 1.00 bits per heavy atom. The first-order chi connectivity index (χ1) is 13.3. The molecule has 27 heavy (non-hydrogen) atoms. The number of thiophene rings is 1. The van der Waals surface area contributed by atoms with E-state index in [0.717, 1.165) is 22.6 Å². The number of benzene rings is 2. The fourth-order valence-electron chi connectivity index (χ4n) is 2.74. The van der Waals surface area contributed by atoms with Gasteiger partial charge in [-0.3, -0.25) is 0 Å². The Hall–Kier alpha value is -2.34. The molecule has 0 amide bonds. The van der Waals surface area contributed by atoms with E-state index in [1.54, 1.807) is 11.3 Å². The van der Waals surface area contributed by atoms with E-state index >= 15 is 0 Å². The van der Waals surface area contributed by atoms with Gasteiger partial charge in [-0.2, -0.15) is 0 Å². The highest BCUT2D eigenvalue weighted by Crippen LogP contribution is 2.29. The average molecular weight is 384 g/mol. The van der Waals surface area contributed by atoms with Gasteiger partial charge in [0.25, 0.3) is 0 Å². The summed E-state index contributed by atoms with van der Waals surface area (Å²) in [7, 11) is 0. The normalized spacial score (nSPS) is 11.9. The Morgan fingerprint density at radius 3 is 2.59 bits per heavy atom. The minimum atomic E-state index is -0.522. The first-order valence-corrected chi connectivity index (χ1v) is 9.99. The monoisotopic (exact) mass is 383 g/mol. The van der Waals surface area contributed by atoms with Gasteiger partial charge in [-0.25, -0.2) is 0 Å². The highest BCUT2D eigenvalue weighted by molar-refractivity contribution is 7.09. The van der Waals surface area contributed by atoms with Crippen molar-refractivity contribution >= 4 is 11.3 Å². The standard InChI is InChI=1S/C22H25NO3S/c1-2-25-22-13-17(10-11-21(22)26-16-19-9-6-12-27-19)14-23-15-20(24)18-7-4-3-5-8-18/h3-13,20,23-24H,2,14-16H2,1H3/t20-/m1/s1. The van der Waals surface area contributed by atoms with Gasteiger partial charge in [0.1, 0.15) is 6.61 Å². The maximum Gasteiger partial charge on any atom is 0.161 e. The van der Waals surface area contributed by atoms with Crippen molar-refractivity contribution < 1.29 is 14.6 Å². The summed E-state index contributed by atoms with van der Waals surface area (Å²) >= 11 is 1.68. The van der Waals surface area contributed by atoms with Crippen LogP contribution in [0.4, 0.5) is 0 Å². The predicted molar refractivity (Wildman–Crippen MR) is 109 cm³/mol. The van der Waals surface area contributed by atoms with Gasteiger partial charge in [-0.15, -0.1) is 11.3 Å². The summed E-state index contributed by atoms with van der Waals surface area (Å²) in [4.78, 5) is 1.18. The molecular weight excluding hydrogens is 358 g/mol. The van der Waals surface area contributed by atoms with E-state index in [4.69, 9.17) is 9.47 Å². The van der Waals surface area contributed by atoms with E-state index < -0.39 is 6.10 Å². The van der Waals surface area contributed by atoms with Crippen molar-refractivity contribution in [3.8, 4) is 11.5 Å². The number of rotatable bonds is 10. The lowest BCUT2D eigenvalue weighted by Crippen LogP contribution is -2.21. The largest absolute Gasteiger partial charge is 0.490 e. The number of hydrogen-bond donors (Lipinski definition) is 2. The van der Waals surface area contributed by atoms with Crippen LogP contribution in [-0.2, 0) is 13.2 Å². The summed E-state index contributed by atoms with van der Waals surface area (Å²) in [6.07, 6.45) is -0.522. The Kier molecular flexibility index (Phi) is 7.27. The van der Waals surface area contributed by atoms with Gasteiger partial charge >= 0.3 is 0 Å². The summed E-state index contributed by atoms with van der Waals surface area (Å²) < 4.78 is 11.7. The molecular formula is C22H25NO3S. The molecule has 2 N–H and O–H groups in total. The third-order valence-electron chi connectivity index (χ3n) is 4.11. The van der Waals surface area contributed by atoms with Gasteiger partial charge in [0.2, 0.25) is 0 Å². The maximum atomic E-state index is 10.2. The van der Waals surface area contributed by atoms with E-state index in [1.807, 2.05) is 66.9 Å². The molecule has 3 aromatic rings. The zero-order valence-electron chi connectivity index (χ0n) is 15.4. The Labute approximate surface area is 164 Å². The molecule has 2 aromatic carbocycles. The molecule has 0 spiro atoms. The van der Waals surface area contributed by atoms with Crippen molar-refractivity contribution in [2.24, 2.45) is 0 Å². The second kappa shape index (κ2) is 10.1. The highest BCUT2D eigenvalue weighted by Gasteiger charge is 2.09. The van der Waals surface area contributed by atoms with Crippen LogP contribution in [0.5, 0.6) is 11.5 Å². The topological polar surface area (TPSA) is 50.7 Å². The molecule has 5 heteroatoms. The van der Waals surface area contributed by atoms with E-state index in [0.29, 0.717) is 26.3 Å². The lowest BCUT2D eigenvalue weighted by atomic mass is 10.1. The Balaban J connectivity index is 1.56. The predicted octanol–water partition coefficient (Wildman–Crippen LogP) is 4.55. The van der Waals surface area contributed by atoms with Crippen LogP contribution in [0.2, 0.25) is 0 Å². The number of aliphatic hydroxyl groups excluding tert-OH is 1. The lowest BCUT2D eigenvalue weighted by molar-refractivity contribution is 0.174. The molecule has 0 aliphatic rings. The summed E-state index contributed by atoms with van der Waals surface area (Å²) in [5.41, 5.74) is 2.00. The van der Waals surface area contributed by atoms with Crippen LogP contribution >= 0.6 is 11.3 Å². The van der Waals surface area contributed by atoms with Crippen molar-refractivity contribution in [3.63, 3.8) is 0 Å². The molecule has 0 radical (unpaired) electrons. The summed E-state index contributed by atoms with van der Waals surface area (Å²) in [5.74, 6) is 1.50. The fourth-order valence-corrected chi connectivity index (χ4v) is 3.36. The molecule has 0 fully saturated rings. The van der Waals surface area contributed by atoms with Crippen LogP contribution in [0, 0.1) is 0 Å². The van der Waals surface area contributed by atoms with Gasteiger partial charge in [-0.1, -0.05) is 42.5 Å². The quantitative estimate of drug-likeness (QED) is 0.539. The minimum Gasteiger partial charge on any atom is -0.490 e. The molecule has 142 valence electrons. The van der Waals surface area contributed by atoms with Gasteiger partial charge in [0.05, 0.1) is 12.7 Å². The van der Waals surface area contributed by atoms with E-state index in [9.17, 15) is 5.11 Å². The Bertz CT molecular complexity index is 806. The molecule has 4 nitrogen and oxygen atoms in total. The second-order valence-corrected chi connectivity index (χ2v) is 7.17. The van der Waals surface area contributed by atoms with Gasteiger partial charge in [-0.05, 0) is 41.6 Å². The summed E-state index contributed by atoms with van der Waals surface area (Å²) in [6, 6.07) is 19.7. The van der Waals surface area contributed by atoms with Gasteiger partial charge in [0.15, 0.2) is 11.5 Å². The van der Waals surface area contributed by atoms with Crippen LogP contribution in [0.3, 0.4) is 0 Å². The van der Waals surface area contributed by atoms with Crippen LogP contribution in [0.25, 0.3) is 0 Å². The smallest absolute Gasteiger partial charge is 0.161 e. The van der Waals surface area contributed by atoms with Crippen molar-refractivity contribution in [2.45, 2.75) is 26.2 Å². The van der Waals surface area contributed by atoms with Crippen LogP contribution in [-0.4, -0.2) is 18.3 Å². The maximum absolute atomic E-state index is 10.2. The molecule has 0 aliphatic heterocycles. The summed E-state index contributed by atoms with van der Waals surface area (Å²) in [5, 5.41) is 15.6. The zero-order chi connectivity index (χ0) is 18.9.